The summed E-state index contributed by atoms with van der Waals surface area (Å²) in [7, 11) is 2.70. The van der Waals surface area contributed by atoms with Crippen molar-refractivity contribution in [2.24, 2.45) is 5.92 Å². The first kappa shape index (κ1) is 22.9. The van der Waals surface area contributed by atoms with Gasteiger partial charge < -0.3 is 14.2 Å². The Hall–Kier alpha value is -3.85. The van der Waals surface area contributed by atoms with Crippen molar-refractivity contribution in [3.05, 3.63) is 83.4 Å². The van der Waals surface area contributed by atoms with Gasteiger partial charge in [0.15, 0.2) is 0 Å². The fourth-order valence-electron chi connectivity index (χ4n) is 5.28. The van der Waals surface area contributed by atoms with Gasteiger partial charge in [0, 0.05) is 5.92 Å². The molecule has 35 heavy (non-hydrogen) atoms. The van der Waals surface area contributed by atoms with E-state index in [1.807, 2.05) is 12.1 Å². The van der Waals surface area contributed by atoms with E-state index in [9.17, 15) is 14.0 Å². The Morgan fingerprint density at radius 1 is 1.14 bits per heavy atom. The lowest BCUT2D eigenvalue weighted by molar-refractivity contribution is -0.146. The molecule has 1 aliphatic carbocycles. The number of carbonyl (C=O) groups is 2. The highest BCUT2D eigenvalue weighted by Crippen LogP contribution is 2.54. The van der Waals surface area contributed by atoms with Crippen LogP contribution < -0.4 is 0 Å². The van der Waals surface area contributed by atoms with Gasteiger partial charge in [-0.1, -0.05) is 17.3 Å². The van der Waals surface area contributed by atoms with Crippen LogP contribution >= 0.6 is 0 Å². The molecule has 2 aliphatic rings. The summed E-state index contributed by atoms with van der Waals surface area (Å²) in [6, 6.07) is 11.4. The minimum absolute atomic E-state index is 0.233. The van der Waals surface area contributed by atoms with E-state index in [0.717, 1.165) is 16.8 Å². The van der Waals surface area contributed by atoms with Crippen LogP contribution in [-0.2, 0) is 19.0 Å². The zero-order valence-corrected chi connectivity index (χ0v) is 19.3. The van der Waals surface area contributed by atoms with Gasteiger partial charge in [0.1, 0.15) is 5.82 Å². The molecule has 5 rings (SSSR count). The molecule has 1 aromatic heterocycles. The van der Waals surface area contributed by atoms with E-state index in [4.69, 9.17) is 14.2 Å². The van der Waals surface area contributed by atoms with Crippen LogP contribution in [0.2, 0.25) is 0 Å². The fraction of sp³-hybridized carbons (Fsp3) is 0.308. The van der Waals surface area contributed by atoms with Crippen molar-refractivity contribution < 1.29 is 28.2 Å². The quantitative estimate of drug-likeness (QED) is 0.517. The van der Waals surface area contributed by atoms with E-state index in [1.165, 1.54) is 26.4 Å². The molecule has 0 saturated heterocycles. The fourth-order valence-corrected chi connectivity index (χ4v) is 5.28. The molecule has 1 fully saturated rings. The summed E-state index contributed by atoms with van der Waals surface area (Å²) in [6.45, 7) is 0.233. The SMILES string of the molecule is COC(=O)c1ccc(-n2ccnn2)cc1C1=C[C@@]2(CC[C@H](C(=O)OC)[C@H]2c2ccc(F)cc2)OC1. The van der Waals surface area contributed by atoms with Gasteiger partial charge in [0.2, 0.25) is 0 Å². The summed E-state index contributed by atoms with van der Waals surface area (Å²) >= 11 is 0. The highest BCUT2D eigenvalue weighted by Gasteiger charge is 2.54. The van der Waals surface area contributed by atoms with E-state index < -0.39 is 17.5 Å². The van der Waals surface area contributed by atoms with Crippen molar-refractivity contribution in [1.82, 2.24) is 15.0 Å². The van der Waals surface area contributed by atoms with Crippen molar-refractivity contribution in [1.29, 1.82) is 0 Å². The number of halogens is 1. The molecule has 9 heteroatoms. The van der Waals surface area contributed by atoms with Crippen LogP contribution in [0.5, 0.6) is 0 Å². The third-order valence-electron chi connectivity index (χ3n) is 6.86. The zero-order valence-electron chi connectivity index (χ0n) is 19.3. The van der Waals surface area contributed by atoms with E-state index in [1.54, 1.807) is 41.3 Å². The van der Waals surface area contributed by atoms with E-state index in [2.05, 4.69) is 10.3 Å². The van der Waals surface area contributed by atoms with Crippen LogP contribution in [0.3, 0.4) is 0 Å². The number of hydrogen-bond acceptors (Lipinski definition) is 7. The van der Waals surface area contributed by atoms with Gasteiger partial charge in [-0.2, -0.15) is 0 Å². The Morgan fingerprint density at radius 2 is 1.94 bits per heavy atom. The van der Waals surface area contributed by atoms with Crippen LogP contribution in [-0.4, -0.2) is 53.4 Å². The first-order valence-corrected chi connectivity index (χ1v) is 11.2. The summed E-state index contributed by atoms with van der Waals surface area (Å²) in [6.07, 6.45) is 6.41. The minimum atomic E-state index is -0.803. The summed E-state index contributed by atoms with van der Waals surface area (Å²) in [4.78, 5) is 25.2. The van der Waals surface area contributed by atoms with Gasteiger partial charge in [0.05, 0.1) is 56.0 Å². The number of methoxy groups -OCH3 is 2. The Morgan fingerprint density at radius 3 is 2.63 bits per heavy atom. The van der Waals surface area contributed by atoms with Crippen molar-refractivity contribution in [2.45, 2.75) is 24.4 Å². The van der Waals surface area contributed by atoms with Crippen LogP contribution in [0.25, 0.3) is 11.3 Å². The predicted molar refractivity (Wildman–Crippen MR) is 123 cm³/mol. The van der Waals surface area contributed by atoms with E-state index in [0.29, 0.717) is 24.0 Å². The molecule has 2 aromatic carbocycles. The number of esters is 2. The maximum atomic E-state index is 13.7. The molecule has 1 saturated carbocycles. The second-order valence-electron chi connectivity index (χ2n) is 8.68. The molecule has 0 amide bonds. The lowest BCUT2D eigenvalue weighted by atomic mass is 9.79. The van der Waals surface area contributed by atoms with Crippen molar-refractivity contribution in [2.75, 3.05) is 20.8 Å². The normalized spacial score (nSPS) is 23.3. The lowest BCUT2D eigenvalue weighted by Crippen LogP contribution is -2.34. The zero-order chi connectivity index (χ0) is 24.6. The number of carbonyl (C=O) groups excluding carboxylic acids is 2. The molecule has 3 aromatic rings. The third kappa shape index (κ3) is 4.01. The topological polar surface area (TPSA) is 92.5 Å². The van der Waals surface area contributed by atoms with Crippen molar-refractivity contribution in [3.8, 4) is 5.69 Å². The van der Waals surface area contributed by atoms with Gasteiger partial charge in [-0.25, -0.2) is 13.9 Å². The van der Waals surface area contributed by atoms with Gasteiger partial charge in [-0.15, -0.1) is 5.10 Å². The van der Waals surface area contributed by atoms with E-state index in [-0.39, 0.29) is 24.3 Å². The number of rotatable bonds is 5. The number of aromatic nitrogens is 3. The second-order valence-corrected chi connectivity index (χ2v) is 8.68. The van der Waals surface area contributed by atoms with Gasteiger partial charge >= 0.3 is 11.9 Å². The standard InChI is InChI=1S/C26H24FN3O5/c1-33-24(31)20-8-7-19(30-12-11-28-29-30)13-22(20)17-14-26(35-15-17)10-9-21(25(32)34-2)23(26)16-3-5-18(27)6-4-16/h3-8,11-14,21,23H,9-10,15H2,1-2H3/t21-,23+,26+/m0/s1. The monoisotopic (exact) mass is 477 g/mol. The van der Waals surface area contributed by atoms with E-state index >= 15 is 0 Å². The molecule has 0 bridgehead atoms. The maximum Gasteiger partial charge on any atom is 0.338 e. The van der Waals surface area contributed by atoms with Gasteiger partial charge in [0.25, 0.3) is 0 Å². The number of benzene rings is 2. The molecule has 8 nitrogen and oxygen atoms in total. The van der Waals surface area contributed by atoms with Crippen molar-refractivity contribution >= 4 is 17.5 Å². The molecular formula is C26H24FN3O5. The van der Waals surface area contributed by atoms with Gasteiger partial charge in [-0.05, 0) is 65.9 Å². The first-order valence-electron chi connectivity index (χ1n) is 11.2. The average molecular weight is 477 g/mol. The maximum absolute atomic E-state index is 13.7. The molecule has 0 radical (unpaired) electrons. The molecule has 3 atom stereocenters. The predicted octanol–water partition coefficient (Wildman–Crippen LogP) is 3.71. The van der Waals surface area contributed by atoms with Crippen LogP contribution in [0.1, 0.15) is 40.2 Å². The Bertz CT molecular complexity index is 1290. The number of nitrogens with zero attached hydrogens (tertiary/aromatic N) is 3. The minimum Gasteiger partial charge on any atom is -0.469 e. The molecule has 1 aliphatic heterocycles. The number of ether oxygens (including phenoxy) is 3. The van der Waals surface area contributed by atoms with Crippen LogP contribution in [0, 0.1) is 11.7 Å². The smallest absolute Gasteiger partial charge is 0.338 e. The molecule has 0 unspecified atom stereocenters. The molecule has 180 valence electrons. The molecule has 0 N–H and O–H groups in total. The van der Waals surface area contributed by atoms with Crippen molar-refractivity contribution in [3.63, 3.8) is 0 Å². The third-order valence-corrected chi connectivity index (χ3v) is 6.86. The summed E-state index contributed by atoms with van der Waals surface area (Å²) in [5.74, 6) is -1.96. The molecule has 1 spiro atoms. The van der Waals surface area contributed by atoms with Crippen LogP contribution in [0.4, 0.5) is 4.39 Å². The Labute approximate surface area is 201 Å². The number of hydrogen-bond donors (Lipinski definition) is 0. The lowest BCUT2D eigenvalue weighted by Gasteiger charge is -2.31. The summed E-state index contributed by atoms with van der Waals surface area (Å²) in [5, 5.41) is 7.89. The molecular weight excluding hydrogens is 453 g/mol. The average Bonchev–Trinajstić information content (AvgIpc) is 3.64. The Kier molecular flexibility index (Phi) is 5.94. The highest BCUT2D eigenvalue weighted by atomic mass is 19.1. The van der Waals surface area contributed by atoms with Gasteiger partial charge in [-0.3, -0.25) is 4.79 Å². The first-order chi connectivity index (χ1) is 17.0. The summed E-state index contributed by atoms with van der Waals surface area (Å²) in [5.41, 5.74) is 2.56. The Balaban J connectivity index is 1.61. The second kappa shape index (κ2) is 9.07. The van der Waals surface area contributed by atoms with Crippen LogP contribution in [0.15, 0.2) is 60.9 Å². The highest BCUT2D eigenvalue weighted by molar-refractivity contribution is 5.96. The molecule has 2 heterocycles. The summed E-state index contributed by atoms with van der Waals surface area (Å²) < 4.78 is 31.8. The largest absolute Gasteiger partial charge is 0.469 e.